The summed E-state index contributed by atoms with van der Waals surface area (Å²) in [6.07, 6.45) is 4.55. The Bertz CT molecular complexity index is 623. The molecule has 3 nitrogen and oxygen atoms in total. The van der Waals surface area contributed by atoms with E-state index in [0.717, 1.165) is 37.2 Å². The Kier molecular flexibility index (Phi) is 5.87. The monoisotopic (exact) mass is 337 g/mol. The van der Waals surface area contributed by atoms with Crippen LogP contribution < -0.4 is 0 Å². The molecule has 25 heavy (non-hydrogen) atoms. The number of likely N-dealkylation sites (tertiary alicyclic amines) is 1. The molecule has 2 aromatic rings. The van der Waals surface area contributed by atoms with Crippen LogP contribution in [0, 0.1) is 0 Å². The number of rotatable bonds is 6. The molecule has 3 rings (SSSR count). The van der Waals surface area contributed by atoms with E-state index in [1.807, 2.05) is 60.7 Å². The van der Waals surface area contributed by atoms with Crippen molar-refractivity contribution in [1.29, 1.82) is 0 Å². The molecule has 0 amide bonds. The minimum Gasteiger partial charge on any atom is -0.468 e. The van der Waals surface area contributed by atoms with E-state index in [0.29, 0.717) is 0 Å². The van der Waals surface area contributed by atoms with Crippen LogP contribution in [0.4, 0.5) is 0 Å². The molecule has 0 atom stereocenters. The van der Waals surface area contributed by atoms with Crippen molar-refractivity contribution < 1.29 is 9.53 Å². The summed E-state index contributed by atoms with van der Waals surface area (Å²) in [5, 5.41) is 0. The summed E-state index contributed by atoms with van der Waals surface area (Å²) in [4.78, 5) is 15.5. The van der Waals surface area contributed by atoms with Gasteiger partial charge in [0, 0.05) is 0 Å². The van der Waals surface area contributed by atoms with Crippen LogP contribution in [0.3, 0.4) is 0 Å². The fraction of sp³-hybridized carbons (Fsp3) is 0.409. The second kappa shape index (κ2) is 8.30. The second-order valence-electron chi connectivity index (χ2n) is 6.78. The second-order valence-corrected chi connectivity index (χ2v) is 6.78. The minimum absolute atomic E-state index is 0.179. The van der Waals surface area contributed by atoms with Crippen LogP contribution in [0.2, 0.25) is 0 Å². The molecule has 132 valence electrons. The molecule has 1 heterocycles. The maximum Gasteiger partial charge on any atom is 0.320 e. The molecule has 0 spiro atoms. The third kappa shape index (κ3) is 3.77. The molecule has 0 radical (unpaired) electrons. The Hall–Kier alpha value is -2.13. The zero-order valence-electron chi connectivity index (χ0n) is 15.0. The lowest BCUT2D eigenvalue weighted by Crippen LogP contribution is -2.42. The molecule has 1 aliphatic rings. The van der Waals surface area contributed by atoms with E-state index in [-0.39, 0.29) is 5.97 Å². The summed E-state index contributed by atoms with van der Waals surface area (Å²) in [5.41, 5.74) is 1.25. The topological polar surface area (TPSA) is 29.5 Å². The van der Waals surface area contributed by atoms with Gasteiger partial charge in [-0.3, -0.25) is 4.79 Å². The summed E-state index contributed by atoms with van der Waals surface area (Å²) in [6, 6.07) is 20.1. The Morgan fingerprint density at radius 1 is 0.920 bits per heavy atom. The smallest absolute Gasteiger partial charge is 0.320 e. The van der Waals surface area contributed by atoms with Crippen LogP contribution in [-0.2, 0) is 14.9 Å². The molecule has 0 aliphatic carbocycles. The maximum atomic E-state index is 13.1. The number of hydrogen-bond donors (Lipinski definition) is 0. The van der Waals surface area contributed by atoms with E-state index in [1.165, 1.54) is 26.4 Å². The fourth-order valence-electron chi connectivity index (χ4n) is 3.92. The van der Waals surface area contributed by atoms with Crippen LogP contribution in [0.15, 0.2) is 60.7 Å². The van der Waals surface area contributed by atoms with Crippen LogP contribution in [0.25, 0.3) is 0 Å². The molecule has 1 fully saturated rings. The molecular weight excluding hydrogens is 310 g/mol. The number of methoxy groups -OCH3 is 1. The highest BCUT2D eigenvalue weighted by molar-refractivity contribution is 5.87. The number of ether oxygens (including phenoxy) is 1. The normalized spacial score (nSPS) is 15.7. The lowest BCUT2D eigenvalue weighted by atomic mass is 9.71. The number of esters is 1. The van der Waals surface area contributed by atoms with Gasteiger partial charge in [-0.15, -0.1) is 0 Å². The molecule has 0 saturated carbocycles. The Labute approximate surface area is 150 Å². The number of carbonyl (C=O) groups excluding carboxylic acids is 1. The van der Waals surface area contributed by atoms with E-state index >= 15 is 0 Å². The maximum absolute atomic E-state index is 13.1. The van der Waals surface area contributed by atoms with E-state index < -0.39 is 5.41 Å². The summed E-state index contributed by atoms with van der Waals surface area (Å²) in [5.74, 6) is -0.179. The first-order chi connectivity index (χ1) is 12.3. The molecule has 1 saturated heterocycles. The fourth-order valence-corrected chi connectivity index (χ4v) is 3.92. The molecule has 0 bridgehead atoms. The van der Waals surface area contributed by atoms with Crippen molar-refractivity contribution in [1.82, 2.24) is 4.90 Å². The van der Waals surface area contributed by atoms with Crippen molar-refractivity contribution in [2.24, 2.45) is 0 Å². The first-order valence-corrected chi connectivity index (χ1v) is 9.19. The molecule has 3 heteroatoms. The van der Waals surface area contributed by atoms with Crippen LogP contribution in [0.5, 0.6) is 0 Å². The van der Waals surface area contributed by atoms with Crippen molar-refractivity contribution in [3.8, 4) is 0 Å². The van der Waals surface area contributed by atoms with Gasteiger partial charge in [0.05, 0.1) is 7.11 Å². The Morgan fingerprint density at radius 2 is 1.44 bits per heavy atom. The largest absolute Gasteiger partial charge is 0.468 e. The summed E-state index contributed by atoms with van der Waals surface area (Å²) >= 11 is 0. The number of benzene rings is 2. The van der Waals surface area contributed by atoms with Crippen molar-refractivity contribution in [2.75, 3.05) is 26.7 Å². The van der Waals surface area contributed by atoms with Gasteiger partial charge in [0.1, 0.15) is 5.41 Å². The van der Waals surface area contributed by atoms with Gasteiger partial charge in [0.15, 0.2) is 0 Å². The number of piperidine rings is 1. The highest BCUT2D eigenvalue weighted by Crippen LogP contribution is 2.37. The van der Waals surface area contributed by atoms with Gasteiger partial charge in [0.25, 0.3) is 0 Å². The standard InChI is InChI=1S/C22H27NO2/c1-25-21(24)22(19-11-5-2-6-12-19,20-13-7-3-8-14-20)15-18-23-16-9-4-10-17-23/h2-3,5-8,11-14H,4,9-10,15-18H2,1H3. The predicted octanol–water partition coefficient (Wildman–Crippen LogP) is 4.02. The van der Waals surface area contributed by atoms with Gasteiger partial charge >= 0.3 is 5.97 Å². The number of carbonyl (C=O) groups is 1. The van der Waals surface area contributed by atoms with Gasteiger partial charge < -0.3 is 9.64 Å². The summed E-state index contributed by atoms with van der Waals surface area (Å²) < 4.78 is 5.31. The molecule has 0 aromatic heterocycles. The van der Waals surface area contributed by atoms with E-state index in [1.54, 1.807) is 0 Å². The summed E-state index contributed by atoms with van der Waals surface area (Å²) in [7, 11) is 1.49. The van der Waals surface area contributed by atoms with Gasteiger partial charge in [-0.05, 0) is 50.0 Å². The predicted molar refractivity (Wildman–Crippen MR) is 101 cm³/mol. The van der Waals surface area contributed by atoms with Gasteiger partial charge in [0.2, 0.25) is 0 Å². The third-order valence-electron chi connectivity index (χ3n) is 5.32. The first kappa shape index (κ1) is 17.7. The molecular formula is C22H27NO2. The van der Waals surface area contributed by atoms with Crippen LogP contribution in [0.1, 0.15) is 36.8 Å². The number of hydrogen-bond acceptors (Lipinski definition) is 3. The van der Waals surface area contributed by atoms with Gasteiger partial charge in [-0.2, -0.15) is 0 Å². The quantitative estimate of drug-likeness (QED) is 0.746. The van der Waals surface area contributed by atoms with Crippen molar-refractivity contribution in [2.45, 2.75) is 31.1 Å². The van der Waals surface area contributed by atoms with Crippen molar-refractivity contribution >= 4 is 5.97 Å². The average Bonchev–Trinajstić information content (AvgIpc) is 2.70. The van der Waals surface area contributed by atoms with Gasteiger partial charge in [-0.1, -0.05) is 67.1 Å². The lowest BCUT2D eigenvalue weighted by molar-refractivity contribution is -0.146. The van der Waals surface area contributed by atoms with E-state index in [2.05, 4.69) is 4.90 Å². The van der Waals surface area contributed by atoms with E-state index in [9.17, 15) is 4.79 Å². The zero-order valence-corrected chi connectivity index (χ0v) is 15.0. The average molecular weight is 337 g/mol. The van der Waals surface area contributed by atoms with Crippen LogP contribution in [-0.4, -0.2) is 37.6 Å². The van der Waals surface area contributed by atoms with Crippen LogP contribution >= 0.6 is 0 Å². The van der Waals surface area contributed by atoms with Crippen molar-refractivity contribution in [3.05, 3.63) is 71.8 Å². The summed E-state index contributed by atoms with van der Waals surface area (Å²) in [6.45, 7) is 3.15. The first-order valence-electron chi connectivity index (χ1n) is 9.19. The highest BCUT2D eigenvalue weighted by atomic mass is 16.5. The highest BCUT2D eigenvalue weighted by Gasteiger charge is 2.43. The molecule has 0 N–H and O–H groups in total. The molecule has 0 unspecified atom stereocenters. The Morgan fingerprint density at radius 3 is 1.92 bits per heavy atom. The van der Waals surface area contributed by atoms with E-state index in [4.69, 9.17) is 4.74 Å². The van der Waals surface area contributed by atoms with Crippen molar-refractivity contribution in [3.63, 3.8) is 0 Å². The van der Waals surface area contributed by atoms with Gasteiger partial charge in [-0.25, -0.2) is 0 Å². The molecule has 2 aromatic carbocycles. The molecule has 1 aliphatic heterocycles. The SMILES string of the molecule is COC(=O)C(CCN1CCCCC1)(c1ccccc1)c1ccccc1. The zero-order chi connectivity index (χ0) is 17.5. The minimum atomic E-state index is -0.755. The lowest BCUT2D eigenvalue weighted by Gasteiger charge is -2.35. The Balaban J connectivity index is 2.00. The number of nitrogens with zero attached hydrogens (tertiary/aromatic N) is 1. The third-order valence-corrected chi connectivity index (χ3v) is 5.32.